The number of nitrogen functional groups attached to an aromatic ring is 1. The summed E-state index contributed by atoms with van der Waals surface area (Å²) in [5, 5.41) is 25.2. The number of rotatable bonds is 8. The quantitative estimate of drug-likeness (QED) is 0.262. The molecular weight excluding hydrogens is 510 g/mol. The van der Waals surface area contributed by atoms with E-state index in [0.29, 0.717) is 29.2 Å². The molecule has 9 nitrogen and oxygen atoms in total. The van der Waals surface area contributed by atoms with E-state index in [2.05, 4.69) is 41.4 Å². The molecule has 0 aliphatic carbocycles. The van der Waals surface area contributed by atoms with E-state index in [1.54, 1.807) is 24.3 Å². The van der Waals surface area contributed by atoms with E-state index in [0.717, 1.165) is 17.3 Å². The standard InChI is InChI=1S/C29H27N7O2S/c1-4-23(28(38)33-24-14-25(37)36(35-24)20-8-6-5-7-9-20)39-29-22(16-31)26(21(15-30)27(32)34-29)19-12-10-18(11-13-19)17(2)3/h5-14,17,23,35H,4H2,1-3H3,(H2,32,34)(H,33,38). The first-order valence-corrected chi connectivity index (χ1v) is 13.2. The summed E-state index contributed by atoms with van der Waals surface area (Å²) < 4.78 is 1.33. The molecule has 0 saturated carbocycles. The van der Waals surface area contributed by atoms with E-state index >= 15 is 0 Å². The first kappa shape index (κ1) is 27.2. The Morgan fingerprint density at radius 2 is 1.77 bits per heavy atom. The second kappa shape index (κ2) is 11.7. The van der Waals surface area contributed by atoms with Crippen LogP contribution in [-0.2, 0) is 4.79 Å². The second-order valence-corrected chi connectivity index (χ2v) is 10.3. The lowest BCUT2D eigenvalue weighted by Crippen LogP contribution is -2.25. The van der Waals surface area contributed by atoms with E-state index in [1.165, 1.54) is 10.7 Å². The summed E-state index contributed by atoms with van der Waals surface area (Å²) in [4.78, 5) is 30.0. The van der Waals surface area contributed by atoms with E-state index in [1.807, 2.05) is 37.3 Å². The molecule has 2 aromatic carbocycles. The molecule has 0 fully saturated rings. The second-order valence-electron chi connectivity index (χ2n) is 9.11. The molecule has 0 aliphatic heterocycles. The van der Waals surface area contributed by atoms with Gasteiger partial charge in [0.05, 0.1) is 16.5 Å². The van der Waals surface area contributed by atoms with Gasteiger partial charge in [-0.25, -0.2) is 9.67 Å². The fourth-order valence-electron chi connectivity index (χ4n) is 4.11. The summed E-state index contributed by atoms with van der Waals surface area (Å²) in [5.74, 6) is 0.176. The third kappa shape index (κ3) is 5.71. The van der Waals surface area contributed by atoms with Crippen LogP contribution in [0.5, 0.6) is 0 Å². The Morgan fingerprint density at radius 3 is 2.36 bits per heavy atom. The summed E-state index contributed by atoms with van der Waals surface area (Å²) in [5.41, 5.74) is 8.95. The van der Waals surface area contributed by atoms with Crippen molar-refractivity contribution in [3.8, 4) is 29.0 Å². The van der Waals surface area contributed by atoms with Crippen LogP contribution < -0.4 is 16.6 Å². The van der Waals surface area contributed by atoms with Crippen molar-refractivity contribution in [3.63, 3.8) is 0 Å². The van der Waals surface area contributed by atoms with Gasteiger partial charge in [-0.15, -0.1) is 0 Å². The molecule has 196 valence electrons. The fourth-order valence-corrected chi connectivity index (χ4v) is 5.12. The lowest BCUT2D eigenvalue weighted by Gasteiger charge is -2.17. The summed E-state index contributed by atoms with van der Waals surface area (Å²) in [6, 6.07) is 22.2. The van der Waals surface area contributed by atoms with Crippen LogP contribution in [0.25, 0.3) is 16.8 Å². The summed E-state index contributed by atoms with van der Waals surface area (Å²) in [6.45, 7) is 6.00. The number of hydrogen-bond acceptors (Lipinski definition) is 7. The van der Waals surface area contributed by atoms with E-state index in [9.17, 15) is 20.1 Å². The molecule has 4 N–H and O–H groups in total. The van der Waals surface area contributed by atoms with Crippen molar-refractivity contribution in [2.75, 3.05) is 11.1 Å². The summed E-state index contributed by atoms with van der Waals surface area (Å²) in [7, 11) is 0. The van der Waals surface area contributed by atoms with Crippen molar-refractivity contribution in [1.29, 1.82) is 10.5 Å². The molecule has 1 unspecified atom stereocenters. The number of nitriles is 2. The molecule has 0 aliphatic rings. The molecule has 39 heavy (non-hydrogen) atoms. The van der Waals surface area contributed by atoms with Crippen LogP contribution in [0.2, 0.25) is 0 Å². The molecule has 10 heteroatoms. The lowest BCUT2D eigenvalue weighted by atomic mass is 9.94. The topological polar surface area (TPSA) is 153 Å². The predicted octanol–water partition coefficient (Wildman–Crippen LogP) is 5.19. The minimum atomic E-state index is -0.656. The molecule has 0 radical (unpaired) electrons. The van der Waals surface area contributed by atoms with Crippen molar-refractivity contribution >= 4 is 29.3 Å². The maximum atomic E-state index is 13.2. The predicted molar refractivity (Wildman–Crippen MR) is 153 cm³/mol. The van der Waals surface area contributed by atoms with Gasteiger partial charge >= 0.3 is 0 Å². The largest absolute Gasteiger partial charge is 0.383 e. The Kier molecular flexibility index (Phi) is 8.18. The number of pyridine rings is 1. The molecule has 1 atom stereocenters. The number of carbonyl (C=O) groups excluding carboxylic acids is 1. The van der Waals surface area contributed by atoms with Crippen LogP contribution in [0, 0.1) is 22.7 Å². The zero-order valence-corrected chi connectivity index (χ0v) is 22.5. The Balaban J connectivity index is 1.65. The van der Waals surface area contributed by atoms with Gasteiger partial charge in [-0.1, -0.05) is 75.0 Å². The highest BCUT2D eigenvalue weighted by Gasteiger charge is 2.26. The monoisotopic (exact) mass is 537 g/mol. The minimum absolute atomic E-state index is 0.0125. The van der Waals surface area contributed by atoms with Gasteiger partial charge < -0.3 is 11.1 Å². The van der Waals surface area contributed by atoms with Gasteiger partial charge in [0.2, 0.25) is 5.91 Å². The molecule has 0 bridgehead atoms. The van der Waals surface area contributed by atoms with E-state index in [4.69, 9.17) is 5.73 Å². The molecule has 1 amide bonds. The highest BCUT2D eigenvalue weighted by atomic mass is 32.2. The maximum Gasteiger partial charge on any atom is 0.273 e. The highest BCUT2D eigenvalue weighted by molar-refractivity contribution is 8.00. The number of nitrogens with two attached hydrogens (primary N) is 1. The van der Waals surface area contributed by atoms with Gasteiger partial charge in [0, 0.05) is 11.6 Å². The molecule has 4 aromatic rings. The van der Waals surface area contributed by atoms with E-state index in [-0.39, 0.29) is 39.3 Å². The Bertz CT molecular complexity index is 1640. The maximum absolute atomic E-state index is 13.2. The average molecular weight is 538 g/mol. The van der Waals surface area contributed by atoms with Gasteiger partial charge in [0.1, 0.15) is 34.4 Å². The number of aromatic amines is 1. The number of amides is 1. The fraction of sp³-hybridized carbons (Fsp3) is 0.207. The number of carbonyl (C=O) groups is 1. The Morgan fingerprint density at radius 1 is 1.10 bits per heavy atom. The van der Waals surface area contributed by atoms with Gasteiger partial charge in [0.15, 0.2) is 0 Å². The van der Waals surface area contributed by atoms with Gasteiger partial charge in [-0.3, -0.25) is 14.7 Å². The molecule has 2 aromatic heterocycles. The minimum Gasteiger partial charge on any atom is -0.383 e. The van der Waals surface area contributed by atoms with Crippen LogP contribution in [0.4, 0.5) is 11.6 Å². The Hall–Kier alpha value is -4.80. The first-order chi connectivity index (χ1) is 18.8. The van der Waals surface area contributed by atoms with Crippen LogP contribution in [-0.4, -0.2) is 25.9 Å². The molecule has 0 spiro atoms. The van der Waals surface area contributed by atoms with Crippen molar-refractivity contribution in [3.05, 3.63) is 87.7 Å². The molecular formula is C29H27N7O2S. The molecule has 0 saturated heterocycles. The lowest BCUT2D eigenvalue weighted by molar-refractivity contribution is -0.115. The average Bonchev–Trinajstić information content (AvgIpc) is 3.31. The van der Waals surface area contributed by atoms with E-state index < -0.39 is 5.25 Å². The number of nitrogens with one attached hydrogen (secondary N) is 2. The van der Waals surface area contributed by atoms with Crippen molar-refractivity contribution in [2.45, 2.75) is 43.4 Å². The molecule has 2 heterocycles. The zero-order chi connectivity index (χ0) is 28.1. The number of hydrogen-bond donors (Lipinski definition) is 3. The smallest absolute Gasteiger partial charge is 0.273 e. The number of anilines is 2. The zero-order valence-electron chi connectivity index (χ0n) is 21.7. The number of benzene rings is 2. The third-order valence-electron chi connectivity index (χ3n) is 6.19. The summed E-state index contributed by atoms with van der Waals surface area (Å²) >= 11 is 1.09. The number of thioether (sulfide) groups is 1. The molecule has 4 rings (SSSR count). The van der Waals surface area contributed by atoms with Crippen LogP contribution in [0.1, 0.15) is 49.8 Å². The van der Waals surface area contributed by atoms with Crippen molar-refractivity contribution in [2.24, 2.45) is 0 Å². The third-order valence-corrected chi connectivity index (χ3v) is 7.54. The SMILES string of the molecule is CCC(Sc1nc(N)c(C#N)c(-c2ccc(C(C)C)cc2)c1C#N)C(=O)Nc1cc(=O)n(-c2ccccc2)[nH]1. The number of para-hydroxylation sites is 1. The first-order valence-electron chi connectivity index (χ1n) is 12.4. The number of aromatic nitrogens is 3. The van der Waals surface area contributed by atoms with Crippen molar-refractivity contribution in [1.82, 2.24) is 14.8 Å². The Labute approximate surface area is 230 Å². The van der Waals surface area contributed by atoms with Gasteiger partial charge in [-0.2, -0.15) is 10.5 Å². The van der Waals surface area contributed by atoms with Gasteiger partial charge in [-0.05, 0) is 35.6 Å². The van der Waals surface area contributed by atoms with Gasteiger partial charge in [0.25, 0.3) is 5.56 Å². The van der Waals surface area contributed by atoms with Crippen LogP contribution in [0.15, 0.2) is 70.5 Å². The van der Waals surface area contributed by atoms with Crippen molar-refractivity contribution < 1.29 is 4.79 Å². The number of H-pyrrole nitrogens is 1. The normalized spacial score (nSPS) is 11.5. The number of nitrogens with zero attached hydrogens (tertiary/aromatic N) is 4. The van der Waals surface area contributed by atoms with Crippen LogP contribution >= 0.6 is 11.8 Å². The summed E-state index contributed by atoms with van der Waals surface area (Å²) in [6.07, 6.45) is 0.408. The highest BCUT2D eigenvalue weighted by Crippen LogP contribution is 2.38. The van der Waals surface area contributed by atoms with Crippen LogP contribution in [0.3, 0.4) is 0 Å².